The van der Waals surface area contributed by atoms with Gasteiger partial charge in [-0.1, -0.05) is 37.9 Å². The van der Waals surface area contributed by atoms with Crippen LogP contribution < -0.4 is 0 Å². The number of ether oxygens (including phenoxy) is 1. The second-order valence-corrected chi connectivity index (χ2v) is 9.66. The van der Waals surface area contributed by atoms with Crippen molar-refractivity contribution in [2.75, 3.05) is 0 Å². The Morgan fingerprint density at radius 3 is 2.00 bits per heavy atom. The van der Waals surface area contributed by atoms with Crippen LogP contribution in [0.2, 0.25) is 11.1 Å². The fourth-order valence-electron chi connectivity index (χ4n) is 2.44. The minimum Gasteiger partial charge on any atom is -0.503 e. The average molecular weight is 300 g/mol. The number of azo groups is 1. The highest BCUT2D eigenvalue weighted by molar-refractivity contribution is 6.56. The van der Waals surface area contributed by atoms with Crippen molar-refractivity contribution in [2.45, 2.75) is 70.6 Å². The minimum absolute atomic E-state index is 0.0779. The summed E-state index contributed by atoms with van der Waals surface area (Å²) >= 11 is 0. The normalized spacial score (nSPS) is 16.6. The molecular formula is C13H24N2O4Si. The Morgan fingerprint density at radius 2 is 1.50 bits per heavy atom. The third kappa shape index (κ3) is 5.81. The van der Waals surface area contributed by atoms with Gasteiger partial charge in [-0.2, -0.15) is 0 Å². The van der Waals surface area contributed by atoms with Gasteiger partial charge in [0, 0.05) is 0 Å². The zero-order valence-corrected chi connectivity index (χ0v) is 13.8. The van der Waals surface area contributed by atoms with Gasteiger partial charge in [-0.3, -0.25) is 0 Å². The summed E-state index contributed by atoms with van der Waals surface area (Å²) in [5.74, 6) is 0. The van der Waals surface area contributed by atoms with Gasteiger partial charge in [-0.25, -0.2) is 9.59 Å². The zero-order chi connectivity index (χ0) is 15.1. The van der Waals surface area contributed by atoms with Gasteiger partial charge in [0.2, 0.25) is 9.04 Å². The predicted molar refractivity (Wildman–Crippen MR) is 77.4 cm³/mol. The third-order valence-electron chi connectivity index (χ3n) is 3.33. The van der Waals surface area contributed by atoms with Gasteiger partial charge in [0.1, 0.15) is 6.10 Å². The maximum absolute atomic E-state index is 11.5. The van der Waals surface area contributed by atoms with Gasteiger partial charge < -0.3 is 9.16 Å². The molecule has 1 aliphatic carbocycles. The minimum atomic E-state index is -1.69. The predicted octanol–water partition coefficient (Wildman–Crippen LogP) is 4.20. The molecule has 20 heavy (non-hydrogen) atoms. The van der Waals surface area contributed by atoms with Crippen LogP contribution >= 0.6 is 0 Å². The molecule has 0 saturated heterocycles. The van der Waals surface area contributed by atoms with E-state index in [2.05, 4.69) is 10.2 Å². The monoisotopic (exact) mass is 300 g/mol. The van der Waals surface area contributed by atoms with Crippen molar-refractivity contribution in [3.63, 3.8) is 0 Å². The van der Waals surface area contributed by atoms with E-state index in [1.54, 1.807) is 0 Å². The number of carbonyl (C=O) groups is 2. The second kappa shape index (κ2) is 8.14. The quantitative estimate of drug-likeness (QED) is 0.576. The number of hydrogen-bond donors (Lipinski definition) is 0. The molecular weight excluding hydrogens is 276 g/mol. The molecule has 1 aliphatic rings. The lowest BCUT2D eigenvalue weighted by Crippen LogP contribution is -2.27. The largest absolute Gasteiger partial charge is 0.503 e. The van der Waals surface area contributed by atoms with Gasteiger partial charge in [0.25, 0.3) is 0 Å². The third-order valence-corrected chi connectivity index (χ3v) is 6.44. The van der Waals surface area contributed by atoms with Crippen molar-refractivity contribution < 1.29 is 18.8 Å². The molecule has 0 bridgehead atoms. The number of rotatable bonds is 4. The molecule has 114 valence electrons. The Morgan fingerprint density at radius 1 is 1.00 bits per heavy atom. The summed E-state index contributed by atoms with van der Waals surface area (Å²) in [7, 11) is -1.69. The summed E-state index contributed by atoms with van der Waals surface area (Å²) in [4.78, 5) is 22.9. The van der Waals surface area contributed by atoms with Crippen molar-refractivity contribution in [1.82, 2.24) is 0 Å². The smallest absolute Gasteiger partial charge is 0.452 e. The summed E-state index contributed by atoms with van der Waals surface area (Å²) in [6, 6.07) is 0. The molecule has 7 heteroatoms. The second-order valence-electron chi connectivity index (χ2n) is 5.83. The number of amides is 2. The Kier molecular flexibility index (Phi) is 6.84. The lowest BCUT2D eigenvalue weighted by molar-refractivity contribution is 0.108. The topological polar surface area (TPSA) is 77.3 Å². The molecule has 1 fully saturated rings. The first-order valence-electron chi connectivity index (χ1n) is 7.23. The summed E-state index contributed by atoms with van der Waals surface area (Å²) in [6.45, 7) is 8.09. The van der Waals surface area contributed by atoms with Crippen molar-refractivity contribution in [1.29, 1.82) is 0 Å². The lowest BCUT2D eigenvalue weighted by atomic mass is 10.3. The van der Waals surface area contributed by atoms with Crippen LogP contribution in [-0.2, 0) is 9.16 Å². The van der Waals surface area contributed by atoms with E-state index in [-0.39, 0.29) is 6.10 Å². The van der Waals surface area contributed by atoms with Gasteiger partial charge in [-0.05, 0) is 36.8 Å². The van der Waals surface area contributed by atoms with Crippen LogP contribution in [0.5, 0.6) is 0 Å². The molecule has 0 N–H and O–H groups in total. The zero-order valence-electron chi connectivity index (χ0n) is 12.7. The van der Waals surface area contributed by atoms with E-state index in [0.29, 0.717) is 11.1 Å². The van der Waals surface area contributed by atoms with Crippen LogP contribution in [0.15, 0.2) is 10.2 Å². The van der Waals surface area contributed by atoms with Gasteiger partial charge in [0.15, 0.2) is 0 Å². The van der Waals surface area contributed by atoms with Crippen molar-refractivity contribution >= 4 is 21.2 Å². The fourth-order valence-corrected chi connectivity index (χ4v) is 4.80. The standard InChI is InChI=1S/C13H24N2O4Si/c1-9(2)20(10(3)4)19-13(17)15-14-12(16)18-11-7-5-6-8-11/h9-11,20H,5-8H2,1-4H3. The lowest BCUT2D eigenvalue weighted by Gasteiger charge is -2.21. The van der Waals surface area contributed by atoms with E-state index in [0.717, 1.165) is 25.7 Å². The molecule has 1 saturated carbocycles. The number of hydrogen-bond acceptors (Lipinski definition) is 4. The molecule has 0 unspecified atom stereocenters. The molecule has 0 aliphatic heterocycles. The SMILES string of the molecule is CC(C)[SiH](OC(=O)N=NC(=O)OC1CCCC1)C(C)C. The van der Waals surface area contributed by atoms with Crippen LogP contribution in [0.3, 0.4) is 0 Å². The molecule has 0 aromatic heterocycles. The molecule has 0 aromatic rings. The van der Waals surface area contributed by atoms with E-state index in [9.17, 15) is 9.59 Å². The van der Waals surface area contributed by atoms with Crippen molar-refractivity contribution in [3.05, 3.63) is 0 Å². The molecule has 2 amide bonds. The number of nitrogens with zero attached hydrogens (tertiary/aromatic N) is 2. The van der Waals surface area contributed by atoms with Crippen LogP contribution in [0.1, 0.15) is 53.4 Å². The highest BCUT2D eigenvalue weighted by atomic mass is 28.3. The van der Waals surface area contributed by atoms with Gasteiger partial charge in [0.05, 0.1) is 0 Å². The maximum Gasteiger partial charge on any atom is 0.452 e. The summed E-state index contributed by atoms with van der Waals surface area (Å²) in [5, 5.41) is 6.57. The van der Waals surface area contributed by atoms with Crippen LogP contribution in [0.25, 0.3) is 0 Å². The van der Waals surface area contributed by atoms with E-state index in [1.807, 2.05) is 27.7 Å². The Hall–Kier alpha value is -1.24. The molecule has 0 aromatic carbocycles. The first kappa shape index (κ1) is 16.8. The summed E-state index contributed by atoms with van der Waals surface area (Å²) in [5.41, 5.74) is 0.638. The molecule has 0 heterocycles. The van der Waals surface area contributed by atoms with Gasteiger partial charge in [-0.15, -0.1) is 0 Å². The van der Waals surface area contributed by atoms with Crippen molar-refractivity contribution in [2.24, 2.45) is 10.2 Å². The first-order chi connectivity index (χ1) is 9.40. The summed E-state index contributed by atoms with van der Waals surface area (Å²) in [6.07, 6.45) is 2.18. The van der Waals surface area contributed by atoms with Crippen LogP contribution in [0.4, 0.5) is 9.59 Å². The molecule has 1 rings (SSSR count). The van der Waals surface area contributed by atoms with E-state index in [1.165, 1.54) is 0 Å². The Bertz CT molecular complexity index is 357. The van der Waals surface area contributed by atoms with Crippen LogP contribution in [-0.4, -0.2) is 27.3 Å². The first-order valence-corrected chi connectivity index (χ1v) is 9.03. The number of carbonyl (C=O) groups excluding carboxylic acids is 2. The molecule has 0 atom stereocenters. The Balaban J connectivity index is 2.39. The van der Waals surface area contributed by atoms with E-state index >= 15 is 0 Å². The fraction of sp³-hybridized carbons (Fsp3) is 0.846. The highest BCUT2D eigenvalue weighted by Crippen LogP contribution is 2.22. The average Bonchev–Trinajstić information content (AvgIpc) is 2.85. The van der Waals surface area contributed by atoms with E-state index in [4.69, 9.17) is 9.16 Å². The van der Waals surface area contributed by atoms with Crippen LogP contribution in [0, 0.1) is 0 Å². The molecule has 0 radical (unpaired) electrons. The van der Waals surface area contributed by atoms with E-state index < -0.39 is 21.2 Å². The highest BCUT2D eigenvalue weighted by Gasteiger charge is 2.25. The summed E-state index contributed by atoms with van der Waals surface area (Å²) < 4.78 is 10.4. The van der Waals surface area contributed by atoms with Crippen molar-refractivity contribution in [3.8, 4) is 0 Å². The molecule has 0 spiro atoms. The molecule has 6 nitrogen and oxygen atoms in total. The van der Waals surface area contributed by atoms with Gasteiger partial charge >= 0.3 is 12.2 Å². The Labute approximate surface area is 121 Å². The maximum atomic E-state index is 11.5.